The molecule has 2 aromatic carbocycles. The molecule has 0 radical (unpaired) electrons. The highest BCUT2D eigenvalue weighted by Crippen LogP contribution is 2.36. The number of carbonyl (C=O) groups is 2. The Labute approximate surface area is 178 Å². The fourth-order valence-corrected chi connectivity index (χ4v) is 4.32. The van der Waals surface area contributed by atoms with Gasteiger partial charge in [-0.25, -0.2) is 4.79 Å². The van der Waals surface area contributed by atoms with Crippen molar-refractivity contribution in [3.63, 3.8) is 0 Å². The lowest BCUT2D eigenvalue weighted by atomic mass is 10.0. The molecule has 1 saturated heterocycles. The zero-order chi connectivity index (χ0) is 21.0. The molecule has 6 nitrogen and oxygen atoms in total. The molecule has 0 aliphatic carbocycles. The van der Waals surface area contributed by atoms with Crippen molar-refractivity contribution in [1.82, 2.24) is 4.90 Å². The van der Waals surface area contributed by atoms with Crippen molar-refractivity contribution in [1.29, 1.82) is 0 Å². The van der Waals surface area contributed by atoms with Gasteiger partial charge < -0.3 is 14.6 Å². The molecule has 1 heterocycles. The van der Waals surface area contributed by atoms with Crippen molar-refractivity contribution < 1.29 is 24.2 Å². The second kappa shape index (κ2) is 9.11. The van der Waals surface area contributed by atoms with Gasteiger partial charge in [0.25, 0.3) is 5.91 Å². The summed E-state index contributed by atoms with van der Waals surface area (Å²) >= 11 is 6.42. The highest BCUT2D eigenvalue weighted by atomic mass is 32.2. The lowest BCUT2D eigenvalue weighted by Gasteiger charge is -2.23. The van der Waals surface area contributed by atoms with Gasteiger partial charge in [0, 0.05) is 12.0 Å². The van der Waals surface area contributed by atoms with Gasteiger partial charge in [0.15, 0.2) is 0 Å². The molecule has 1 atom stereocenters. The van der Waals surface area contributed by atoms with E-state index in [0.717, 1.165) is 17.3 Å². The zero-order valence-electron chi connectivity index (χ0n) is 15.8. The van der Waals surface area contributed by atoms with E-state index in [2.05, 4.69) is 0 Å². The number of nitrogens with zero attached hydrogens (tertiary/aromatic N) is 1. The molecule has 1 aliphatic heterocycles. The van der Waals surface area contributed by atoms with Crippen molar-refractivity contribution >= 4 is 46.3 Å². The third-order valence-electron chi connectivity index (χ3n) is 4.42. The molecule has 1 N–H and O–H groups in total. The number of methoxy groups -OCH3 is 2. The predicted molar refractivity (Wildman–Crippen MR) is 116 cm³/mol. The molecule has 0 aromatic heterocycles. The molecule has 1 fully saturated rings. The van der Waals surface area contributed by atoms with E-state index in [1.165, 1.54) is 12.0 Å². The number of ether oxygens (including phenoxy) is 2. The van der Waals surface area contributed by atoms with Crippen LogP contribution in [0.15, 0.2) is 53.4 Å². The van der Waals surface area contributed by atoms with Crippen molar-refractivity contribution in [2.75, 3.05) is 14.2 Å². The average Bonchev–Trinajstić information content (AvgIpc) is 2.99. The van der Waals surface area contributed by atoms with Gasteiger partial charge in [-0.15, -0.1) is 0 Å². The number of amides is 1. The molecule has 0 spiro atoms. The first kappa shape index (κ1) is 20.9. The number of carboxylic acids is 1. The normalized spacial score (nSPS) is 16.2. The lowest BCUT2D eigenvalue weighted by molar-refractivity contribution is -0.145. The molecule has 1 amide bonds. The Kier molecular flexibility index (Phi) is 6.56. The number of benzene rings is 2. The number of thiocarbonyl (C=S) groups is 1. The minimum absolute atomic E-state index is 0.165. The van der Waals surface area contributed by atoms with Crippen molar-refractivity contribution in [2.24, 2.45) is 0 Å². The summed E-state index contributed by atoms with van der Waals surface area (Å²) in [5.74, 6) is -0.367. The molecular weight excluding hydrogens is 410 g/mol. The number of hydrogen-bond acceptors (Lipinski definition) is 6. The van der Waals surface area contributed by atoms with E-state index in [-0.39, 0.29) is 10.7 Å². The van der Waals surface area contributed by atoms with Gasteiger partial charge in [-0.3, -0.25) is 9.69 Å². The molecule has 1 aliphatic rings. The van der Waals surface area contributed by atoms with E-state index < -0.39 is 17.9 Å². The summed E-state index contributed by atoms with van der Waals surface area (Å²) in [4.78, 5) is 26.4. The van der Waals surface area contributed by atoms with Gasteiger partial charge in [0.1, 0.15) is 21.9 Å². The van der Waals surface area contributed by atoms with Crippen LogP contribution in [-0.4, -0.2) is 46.5 Å². The Morgan fingerprint density at radius 2 is 1.93 bits per heavy atom. The van der Waals surface area contributed by atoms with Crippen LogP contribution in [0.3, 0.4) is 0 Å². The first-order valence-electron chi connectivity index (χ1n) is 8.70. The maximum Gasteiger partial charge on any atom is 0.327 e. The van der Waals surface area contributed by atoms with E-state index in [4.69, 9.17) is 21.7 Å². The minimum Gasteiger partial charge on any atom is -0.497 e. The van der Waals surface area contributed by atoms with E-state index in [9.17, 15) is 14.7 Å². The third kappa shape index (κ3) is 4.60. The lowest BCUT2D eigenvalue weighted by Crippen LogP contribution is -2.45. The quantitative estimate of drug-likeness (QED) is 0.532. The van der Waals surface area contributed by atoms with E-state index >= 15 is 0 Å². The van der Waals surface area contributed by atoms with E-state index in [0.29, 0.717) is 22.0 Å². The van der Waals surface area contributed by atoms with Crippen molar-refractivity contribution in [3.05, 3.63) is 64.6 Å². The molecule has 0 saturated carbocycles. The maximum atomic E-state index is 13.0. The minimum atomic E-state index is -1.11. The second-order valence-electron chi connectivity index (χ2n) is 6.20. The van der Waals surface area contributed by atoms with Gasteiger partial charge in [0.2, 0.25) is 0 Å². The number of rotatable bonds is 7. The van der Waals surface area contributed by atoms with Gasteiger partial charge in [-0.2, -0.15) is 0 Å². The van der Waals surface area contributed by atoms with Gasteiger partial charge in [0.05, 0.1) is 19.1 Å². The number of thioether (sulfide) groups is 1. The van der Waals surface area contributed by atoms with Gasteiger partial charge >= 0.3 is 5.97 Å². The van der Waals surface area contributed by atoms with Crippen LogP contribution in [0.25, 0.3) is 6.08 Å². The van der Waals surface area contributed by atoms with E-state index in [1.807, 2.05) is 30.3 Å². The fourth-order valence-electron chi connectivity index (χ4n) is 2.97. The molecule has 1 unspecified atom stereocenters. The largest absolute Gasteiger partial charge is 0.497 e. The van der Waals surface area contributed by atoms with Crippen LogP contribution in [0.1, 0.15) is 11.1 Å². The van der Waals surface area contributed by atoms with E-state index in [1.54, 1.807) is 31.4 Å². The summed E-state index contributed by atoms with van der Waals surface area (Å²) < 4.78 is 10.8. The monoisotopic (exact) mass is 429 g/mol. The summed E-state index contributed by atoms with van der Waals surface area (Å²) in [7, 11) is 3.08. The molecule has 3 rings (SSSR count). The third-order valence-corrected chi connectivity index (χ3v) is 5.75. The Hall–Kier alpha value is -2.84. The Morgan fingerprint density at radius 1 is 1.21 bits per heavy atom. The first-order valence-corrected chi connectivity index (χ1v) is 9.93. The zero-order valence-corrected chi connectivity index (χ0v) is 17.5. The number of carbonyl (C=O) groups excluding carboxylic acids is 1. The Bertz CT molecular complexity index is 974. The number of aliphatic carboxylic acids is 1. The Balaban J connectivity index is 1.92. The van der Waals surface area contributed by atoms with Crippen LogP contribution in [0.2, 0.25) is 0 Å². The molecule has 29 heavy (non-hydrogen) atoms. The van der Waals surface area contributed by atoms with Crippen molar-refractivity contribution in [3.8, 4) is 11.5 Å². The Morgan fingerprint density at radius 3 is 2.55 bits per heavy atom. The second-order valence-corrected chi connectivity index (χ2v) is 7.88. The highest BCUT2D eigenvalue weighted by molar-refractivity contribution is 8.26. The van der Waals surface area contributed by atoms with Crippen LogP contribution in [0.4, 0.5) is 0 Å². The smallest absolute Gasteiger partial charge is 0.327 e. The van der Waals surface area contributed by atoms with Gasteiger partial charge in [-0.05, 0) is 29.8 Å². The molecule has 0 bridgehead atoms. The van der Waals surface area contributed by atoms with Crippen LogP contribution < -0.4 is 9.47 Å². The standard InChI is InChI=1S/C21H19NO5S2/c1-26-15-8-9-17(27-2)14(11-15)12-18-19(23)22(21(28)29-18)16(20(24)25)10-13-6-4-3-5-7-13/h3-9,11-12,16H,10H2,1-2H3,(H,24,25). The summed E-state index contributed by atoms with van der Waals surface area (Å²) in [6.45, 7) is 0. The SMILES string of the molecule is COc1ccc(OC)c(C=C2SC(=S)N(C(Cc3ccccc3)C(=O)O)C2=O)c1. The molecule has 8 heteroatoms. The number of carboxylic acid groups (broad SMARTS) is 1. The van der Waals surface area contributed by atoms with Crippen LogP contribution in [0, 0.1) is 0 Å². The summed E-state index contributed by atoms with van der Waals surface area (Å²) in [6.07, 6.45) is 1.81. The van der Waals surface area contributed by atoms with Crippen LogP contribution in [0.5, 0.6) is 11.5 Å². The van der Waals surface area contributed by atoms with Crippen LogP contribution in [-0.2, 0) is 16.0 Å². The highest BCUT2D eigenvalue weighted by Gasteiger charge is 2.40. The summed E-state index contributed by atoms with van der Waals surface area (Å²) in [5.41, 5.74) is 1.45. The van der Waals surface area contributed by atoms with Crippen molar-refractivity contribution in [2.45, 2.75) is 12.5 Å². The molecule has 2 aromatic rings. The first-order chi connectivity index (χ1) is 13.9. The topological polar surface area (TPSA) is 76.1 Å². The van der Waals surface area contributed by atoms with Gasteiger partial charge in [-0.1, -0.05) is 54.3 Å². The summed E-state index contributed by atoms with van der Waals surface area (Å²) in [5, 5.41) is 9.74. The predicted octanol–water partition coefficient (Wildman–Crippen LogP) is 3.60. The fraction of sp³-hybridized carbons (Fsp3) is 0.190. The summed E-state index contributed by atoms with van der Waals surface area (Å²) in [6, 6.07) is 13.3. The number of hydrogen-bond donors (Lipinski definition) is 1. The maximum absolute atomic E-state index is 13.0. The van der Waals surface area contributed by atoms with Crippen LogP contribution >= 0.6 is 24.0 Å². The molecule has 150 valence electrons. The molecular formula is C21H19NO5S2. The average molecular weight is 430 g/mol.